The molecule has 1 aliphatic heterocycles. The van der Waals surface area contributed by atoms with Crippen molar-refractivity contribution in [3.8, 4) is 5.88 Å². The predicted molar refractivity (Wildman–Crippen MR) is 73.7 cm³/mol. The molecule has 0 unspecified atom stereocenters. The van der Waals surface area contributed by atoms with Crippen LogP contribution in [0.15, 0.2) is 18.2 Å². The van der Waals surface area contributed by atoms with E-state index in [1.54, 1.807) is 19.1 Å². The fraction of sp³-hybridized carbons (Fsp3) is 0.643. The molecule has 0 atom stereocenters. The maximum absolute atomic E-state index is 11.6. The number of pyridine rings is 1. The summed E-state index contributed by atoms with van der Waals surface area (Å²) in [7, 11) is 0. The van der Waals surface area contributed by atoms with Crippen LogP contribution in [-0.4, -0.2) is 24.7 Å². The Morgan fingerprint density at radius 3 is 2.16 bits per heavy atom. The Labute approximate surface area is 114 Å². The minimum Gasteiger partial charge on any atom is -0.417 e. The van der Waals surface area contributed by atoms with E-state index in [1.807, 2.05) is 13.8 Å². The van der Waals surface area contributed by atoms with E-state index in [-0.39, 0.29) is 5.88 Å². The van der Waals surface area contributed by atoms with Gasteiger partial charge in [-0.15, -0.1) is 0 Å². The number of nitrogens with zero attached hydrogens (tertiary/aromatic N) is 1. The number of nitrogens with one attached hydrogen (secondary N) is 1. The van der Waals surface area contributed by atoms with Crippen LogP contribution in [0.4, 0.5) is 8.78 Å². The molecule has 1 N–H and O–H groups in total. The fourth-order valence-corrected chi connectivity index (χ4v) is 1.48. The van der Waals surface area contributed by atoms with Crippen LogP contribution in [0, 0.1) is 6.92 Å². The van der Waals surface area contributed by atoms with Crippen LogP contribution >= 0.6 is 0 Å². The summed E-state index contributed by atoms with van der Waals surface area (Å²) in [5.74, 6) is -0.0417. The Morgan fingerprint density at radius 2 is 1.79 bits per heavy atom. The molecular weight excluding hydrogens is 250 g/mol. The number of alkyl halides is 2. The molecule has 0 radical (unpaired) electrons. The second-order valence-electron chi connectivity index (χ2n) is 3.81. The topological polar surface area (TPSA) is 34.1 Å². The summed E-state index contributed by atoms with van der Waals surface area (Å²) in [5.41, 5.74) is 0.656. The first-order chi connectivity index (χ1) is 9.18. The van der Waals surface area contributed by atoms with Gasteiger partial charge in [-0.1, -0.05) is 26.3 Å². The Hall–Kier alpha value is -1.23. The molecule has 1 aromatic rings. The highest BCUT2D eigenvalue weighted by molar-refractivity contribution is 5.14. The summed E-state index contributed by atoms with van der Waals surface area (Å²) in [6, 6.07) is 4.71. The zero-order chi connectivity index (χ0) is 14.5. The van der Waals surface area contributed by atoms with Crippen LogP contribution in [0.5, 0.6) is 5.88 Å². The van der Waals surface area contributed by atoms with E-state index < -0.39 is 6.61 Å². The largest absolute Gasteiger partial charge is 0.417 e. The van der Waals surface area contributed by atoms with E-state index in [2.05, 4.69) is 15.0 Å². The third-order valence-corrected chi connectivity index (χ3v) is 2.28. The molecule has 2 rings (SSSR count). The molecule has 0 bridgehead atoms. The van der Waals surface area contributed by atoms with Gasteiger partial charge in [0.05, 0.1) is 0 Å². The highest BCUT2D eigenvalue weighted by Crippen LogP contribution is 2.09. The van der Waals surface area contributed by atoms with Gasteiger partial charge in [0.25, 0.3) is 0 Å². The van der Waals surface area contributed by atoms with Crippen LogP contribution in [0.3, 0.4) is 0 Å². The molecule has 0 spiro atoms. The van der Waals surface area contributed by atoms with E-state index in [1.165, 1.54) is 38.4 Å². The van der Waals surface area contributed by atoms with Gasteiger partial charge in [0, 0.05) is 11.8 Å². The molecule has 1 saturated heterocycles. The molecule has 19 heavy (non-hydrogen) atoms. The van der Waals surface area contributed by atoms with Crippen molar-refractivity contribution in [3.63, 3.8) is 0 Å². The first kappa shape index (κ1) is 17.8. The predicted octanol–water partition coefficient (Wildman–Crippen LogP) is 3.78. The van der Waals surface area contributed by atoms with Crippen molar-refractivity contribution < 1.29 is 13.5 Å². The van der Waals surface area contributed by atoms with Gasteiger partial charge in [0.1, 0.15) is 0 Å². The van der Waals surface area contributed by atoms with E-state index in [0.29, 0.717) is 5.69 Å². The molecule has 1 aliphatic rings. The standard InChI is InChI=1S/C7H7F2NO.C5H11N.C2H6/c1-5-3-2-4-6(10-5)11-7(8)9;1-2-4-6-5-3-1;1-2/h2-4,7H,1H3;6H,1-5H2;1-2H3. The molecule has 1 aromatic heterocycles. The van der Waals surface area contributed by atoms with Crippen molar-refractivity contribution in [1.82, 2.24) is 10.3 Å². The third-order valence-electron chi connectivity index (χ3n) is 2.28. The average Bonchev–Trinajstić information content (AvgIpc) is 2.43. The van der Waals surface area contributed by atoms with Gasteiger partial charge in [-0.05, 0) is 38.9 Å². The van der Waals surface area contributed by atoms with E-state index in [4.69, 9.17) is 0 Å². The number of hydrogen-bond acceptors (Lipinski definition) is 3. The molecule has 0 amide bonds. The normalized spacial score (nSPS) is 13.8. The van der Waals surface area contributed by atoms with Crippen molar-refractivity contribution in [1.29, 1.82) is 0 Å². The van der Waals surface area contributed by atoms with Gasteiger partial charge in [-0.3, -0.25) is 0 Å². The number of halogens is 2. The lowest BCUT2D eigenvalue weighted by atomic mass is 10.2. The summed E-state index contributed by atoms with van der Waals surface area (Å²) in [5, 5.41) is 3.28. The van der Waals surface area contributed by atoms with Crippen LogP contribution in [0.2, 0.25) is 0 Å². The Balaban J connectivity index is 0.000000341. The van der Waals surface area contributed by atoms with Crippen molar-refractivity contribution >= 4 is 0 Å². The molecule has 2 heterocycles. The first-order valence-electron chi connectivity index (χ1n) is 6.77. The fourth-order valence-electron chi connectivity index (χ4n) is 1.48. The highest BCUT2D eigenvalue weighted by atomic mass is 19.3. The van der Waals surface area contributed by atoms with Crippen molar-refractivity contribution in [3.05, 3.63) is 23.9 Å². The Kier molecular flexibility index (Phi) is 11.1. The molecule has 0 aliphatic carbocycles. The lowest BCUT2D eigenvalue weighted by molar-refractivity contribution is -0.0529. The number of aromatic nitrogens is 1. The van der Waals surface area contributed by atoms with Gasteiger partial charge < -0.3 is 10.1 Å². The number of piperidine rings is 1. The third kappa shape index (κ3) is 10.4. The van der Waals surface area contributed by atoms with Gasteiger partial charge in [0.2, 0.25) is 5.88 Å². The highest BCUT2D eigenvalue weighted by Gasteiger charge is 2.03. The summed E-state index contributed by atoms with van der Waals surface area (Å²) in [4.78, 5) is 3.71. The van der Waals surface area contributed by atoms with Crippen LogP contribution < -0.4 is 10.1 Å². The molecule has 0 saturated carbocycles. The lowest BCUT2D eigenvalue weighted by Gasteiger charge is -2.08. The molecule has 0 aromatic carbocycles. The van der Waals surface area contributed by atoms with Crippen LogP contribution in [0.1, 0.15) is 38.8 Å². The molecule has 5 heteroatoms. The summed E-state index contributed by atoms with van der Waals surface area (Å²) in [6.07, 6.45) is 4.22. The Bertz CT molecular complexity index is 307. The maximum atomic E-state index is 11.6. The molecule has 1 fully saturated rings. The lowest BCUT2D eigenvalue weighted by Crippen LogP contribution is -2.21. The number of ether oxygens (including phenoxy) is 1. The van der Waals surface area contributed by atoms with Gasteiger partial charge >= 0.3 is 6.61 Å². The molecule has 110 valence electrons. The van der Waals surface area contributed by atoms with Crippen LogP contribution in [0.25, 0.3) is 0 Å². The van der Waals surface area contributed by atoms with Crippen molar-refractivity contribution in [2.45, 2.75) is 46.6 Å². The first-order valence-corrected chi connectivity index (χ1v) is 6.77. The number of rotatable bonds is 2. The summed E-state index contributed by atoms with van der Waals surface area (Å²) in [6.45, 7) is 5.41. The quantitative estimate of drug-likeness (QED) is 0.891. The van der Waals surface area contributed by atoms with Crippen LogP contribution in [-0.2, 0) is 0 Å². The van der Waals surface area contributed by atoms with Gasteiger partial charge in [-0.2, -0.15) is 8.78 Å². The molecule has 3 nitrogen and oxygen atoms in total. The average molecular weight is 274 g/mol. The zero-order valence-electron chi connectivity index (χ0n) is 12.0. The number of hydrogen-bond donors (Lipinski definition) is 1. The Morgan fingerprint density at radius 1 is 1.16 bits per heavy atom. The monoisotopic (exact) mass is 274 g/mol. The summed E-state index contributed by atoms with van der Waals surface area (Å²) >= 11 is 0. The van der Waals surface area contributed by atoms with Crippen molar-refractivity contribution in [2.24, 2.45) is 0 Å². The second-order valence-corrected chi connectivity index (χ2v) is 3.81. The molecular formula is C14H24F2N2O. The van der Waals surface area contributed by atoms with Crippen molar-refractivity contribution in [2.75, 3.05) is 13.1 Å². The van der Waals surface area contributed by atoms with Gasteiger partial charge in [-0.25, -0.2) is 4.98 Å². The van der Waals surface area contributed by atoms with E-state index in [0.717, 1.165) is 0 Å². The smallest absolute Gasteiger partial charge is 0.388 e. The zero-order valence-corrected chi connectivity index (χ0v) is 12.0. The van der Waals surface area contributed by atoms with E-state index in [9.17, 15) is 8.78 Å². The number of aryl methyl sites for hydroxylation is 1. The maximum Gasteiger partial charge on any atom is 0.388 e. The minimum absolute atomic E-state index is 0.0417. The second kappa shape index (κ2) is 11.8. The minimum atomic E-state index is -2.80. The van der Waals surface area contributed by atoms with Gasteiger partial charge in [0.15, 0.2) is 0 Å². The summed E-state index contributed by atoms with van der Waals surface area (Å²) < 4.78 is 27.2. The van der Waals surface area contributed by atoms with E-state index >= 15 is 0 Å². The SMILES string of the molecule is C1CCNCC1.CC.Cc1cccc(OC(F)F)n1.